The number of rotatable bonds is 5. The average molecular weight is 386 g/mol. The summed E-state index contributed by atoms with van der Waals surface area (Å²) >= 11 is 0. The first-order valence-corrected chi connectivity index (χ1v) is 8.26. The second-order valence-corrected chi connectivity index (χ2v) is 5.86. The minimum absolute atomic E-state index is 0.316. The van der Waals surface area contributed by atoms with Gasteiger partial charge < -0.3 is 10.1 Å². The van der Waals surface area contributed by atoms with Crippen LogP contribution in [0.25, 0.3) is 11.3 Å². The predicted molar refractivity (Wildman–Crippen MR) is 98.0 cm³/mol. The summed E-state index contributed by atoms with van der Waals surface area (Å²) in [5, 5.41) is 6.10. The third-order valence-corrected chi connectivity index (χ3v) is 4.06. The lowest BCUT2D eigenvalue weighted by Crippen LogP contribution is -2.35. The Morgan fingerprint density at radius 3 is 2.36 bits per heavy atom. The zero-order chi connectivity index (χ0) is 20.3. The molecule has 7 nitrogen and oxygen atoms in total. The van der Waals surface area contributed by atoms with Crippen molar-refractivity contribution in [2.24, 2.45) is 0 Å². The second kappa shape index (κ2) is 7.95. The Bertz CT molecular complexity index is 1050. The van der Waals surface area contributed by atoms with Crippen LogP contribution in [0.15, 0.2) is 53.5 Å². The van der Waals surface area contributed by atoms with E-state index in [4.69, 9.17) is 4.74 Å². The summed E-state index contributed by atoms with van der Waals surface area (Å²) < 4.78 is 33.3. The van der Waals surface area contributed by atoms with Crippen LogP contribution < -0.4 is 15.7 Å². The molecule has 0 aliphatic heterocycles. The quantitative estimate of drug-likeness (QED) is 0.729. The van der Waals surface area contributed by atoms with E-state index < -0.39 is 35.0 Å². The maximum absolute atomic E-state index is 13.7. The van der Waals surface area contributed by atoms with Crippen LogP contribution in [0, 0.1) is 11.6 Å². The molecule has 0 saturated carbocycles. The van der Waals surface area contributed by atoms with Crippen molar-refractivity contribution in [1.82, 2.24) is 14.8 Å². The molecule has 0 aliphatic rings. The molecule has 3 aromatic rings. The van der Waals surface area contributed by atoms with E-state index in [-0.39, 0.29) is 0 Å². The molecule has 0 saturated heterocycles. The van der Waals surface area contributed by atoms with E-state index in [2.05, 4.69) is 15.4 Å². The van der Waals surface area contributed by atoms with Crippen molar-refractivity contribution >= 4 is 11.6 Å². The molecule has 0 unspecified atom stereocenters. The molecule has 9 heteroatoms. The Balaban J connectivity index is 1.83. The second-order valence-electron chi connectivity index (χ2n) is 5.86. The molecule has 2 aromatic carbocycles. The van der Waals surface area contributed by atoms with Crippen LogP contribution in [-0.4, -0.2) is 27.8 Å². The number of hydrogen-bond donors (Lipinski definition) is 1. The van der Waals surface area contributed by atoms with Crippen LogP contribution in [0.4, 0.5) is 14.5 Å². The molecule has 144 valence electrons. The number of hydrogen-bond acceptors (Lipinski definition) is 5. The lowest BCUT2D eigenvalue weighted by molar-refractivity contribution is -0.119. The number of nitrogens with one attached hydrogen (secondary N) is 1. The summed E-state index contributed by atoms with van der Waals surface area (Å²) in [6, 6.07) is 8.91. The maximum atomic E-state index is 13.7. The number of para-hydroxylation sites is 1. The van der Waals surface area contributed by atoms with Crippen molar-refractivity contribution in [2.75, 3.05) is 12.4 Å². The number of carbonyl (C=O) groups excluding carboxylic acids is 1. The highest BCUT2D eigenvalue weighted by atomic mass is 19.1. The number of halogens is 2. The molecule has 1 heterocycles. The Labute approximate surface area is 158 Å². The minimum Gasteiger partial charge on any atom is -0.497 e. The smallest absolute Gasteiger partial charge is 0.365 e. The zero-order valence-electron chi connectivity index (χ0n) is 15.0. The third kappa shape index (κ3) is 3.88. The minimum atomic E-state index is -1.14. The summed E-state index contributed by atoms with van der Waals surface area (Å²) in [4.78, 5) is 28.5. The van der Waals surface area contributed by atoms with Crippen LogP contribution in [0.5, 0.6) is 5.75 Å². The first-order chi connectivity index (χ1) is 13.4. The van der Waals surface area contributed by atoms with Crippen molar-refractivity contribution in [3.8, 4) is 17.0 Å². The van der Waals surface area contributed by atoms with Crippen LogP contribution in [0.1, 0.15) is 13.0 Å². The Kier molecular flexibility index (Phi) is 5.44. The maximum Gasteiger partial charge on any atom is 0.365 e. The standard InChI is InChI=1S/C19H16F2N4O3/c1-11(18(26)24-17-14(20)4-3-5-15(17)21)25-19(27)23-16(10-22-25)12-6-8-13(28-2)9-7-12/h3-11H,1-2H3,(H,24,26)/t11-/m1/s1. The van der Waals surface area contributed by atoms with Gasteiger partial charge >= 0.3 is 5.69 Å². The first kappa shape index (κ1) is 19.2. The number of methoxy groups -OCH3 is 1. The highest BCUT2D eigenvalue weighted by Crippen LogP contribution is 2.20. The Morgan fingerprint density at radius 2 is 1.79 bits per heavy atom. The molecule has 0 aliphatic carbocycles. The van der Waals surface area contributed by atoms with Crippen molar-refractivity contribution in [3.05, 3.63) is 70.8 Å². The van der Waals surface area contributed by atoms with Crippen LogP contribution in [-0.2, 0) is 4.79 Å². The van der Waals surface area contributed by atoms with Crippen molar-refractivity contribution in [3.63, 3.8) is 0 Å². The number of benzene rings is 2. The molecule has 0 fully saturated rings. The van der Waals surface area contributed by atoms with E-state index >= 15 is 0 Å². The lowest BCUT2D eigenvalue weighted by atomic mass is 10.1. The van der Waals surface area contributed by atoms with E-state index in [0.29, 0.717) is 17.0 Å². The van der Waals surface area contributed by atoms with Crippen molar-refractivity contribution in [2.45, 2.75) is 13.0 Å². The average Bonchev–Trinajstić information content (AvgIpc) is 2.70. The molecular weight excluding hydrogens is 370 g/mol. The summed E-state index contributed by atoms with van der Waals surface area (Å²) in [5.41, 5.74) is -0.403. The van der Waals surface area contributed by atoms with Gasteiger partial charge in [0, 0.05) is 5.56 Å². The lowest BCUT2D eigenvalue weighted by Gasteiger charge is -2.14. The first-order valence-electron chi connectivity index (χ1n) is 8.26. The molecule has 0 radical (unpaired) electrons. The predicted octanol–water partition coefficient (Wildman–Crippen LogP) is 2.79. The SMILES string of the molecule is COc1ccc(-c2cnn([C@H](C)C(=O)Nc3c(F)cccc3F)c(=O)n2)cc1. The monoisotopic (exact) mass is 386 g/mol. The molecule has 28 heavy (non-hydrogen) atoms. The zero-order valence-corrected chi connectivity index (χ0v) is 15.0. The number of anilines is 1. The van der Waals surface area contributed by atoms with Crippen molar-refractivity contribution in [1.29, 1.82) is 0 Å². The summed E-state index contributed by atoms with van der Waals surface area (Å²) in [6.07, 6.45) is 1.33. The number of nitrogens with zero attached hydrogens (tertiary/aromatic N) is 3. The molecule has 1 amide bonds. The number of ether oxygens (including phenoxy) is 1. The third-order valence-electron chi connectivity index (χ3n) is 4.06. The Morgan fingerprint density at radius 1 is 1.14 bits per heavy atom. The number of amides is 1. The summed E-state index contributed by atoms with van der Waals surface area (Å²) in [5.74, 6) is -2.00. The normalized spacial score (nSPS) is 11.7. The molecule has 1 aromatic heterocycles. The molecular formula is C19H16F2N4O3. The van der Waals surface area contributed by atoms with E-state index in [1.807, 2.05) is 0 Å². The molecule has 0 bridgehead atoms. The highest BCUT2D eigenvalue weighted by molar-refractivity contribution is 5.93. The van der Waals surface area contributed by atoms with Gasteiger partial charge in [-0.05, 0) is 43.3 Å². The topological polar surface area (TPSA) is 86.1 Å². The molecule has 1 N–H and O–H groups in total. The molecule has 0 spiro atoms. The molecule has 3 rings (SSSR count). The van der Waals surface area contributed by atoms with Crippen LogP contribution in [0.2, 0.25) is 0 Å². The van der Waals surface area contributed by atoms with Gasteiger partial charge in [-0.1, -0.05) is 6.07 Å². The van der Waals surface area contributed by atoms with Crippen molar-refractivity contribution < 1.29 is 18.3 Å². The number of carbonyl (C=O) groups is 1. The van der Waals surface area contributed by atoms with Gasteiger partial charge in [-0.15, -0.1) is 0 Å². The van der Waals surface area contributed by atoms with E-state index in [9.17, 15) is 18.4 Å². The van der Waals surface area contributed by atoms with Gasteiger partial charge in [-0.25, -0.2) is 18.3 Å². The fourth-order valence-corrected chi connectivity index (χ4v) is 2.47. The summed E-state index contributed by atoms with van der Waals surface area (Å²) in [6.45, 7) is 1.37. The van der Waals surface area contributed by atoms with Gasteiger partial charge in [0.25, 0.3) is 0 Å². The van der Waals surface area contributed by atoms with Gasteiger partial charge in [0.2, 0.25) is 5.91 Å². The van der Waals surface area contributed by atoms with Gasteiger partial charge in [0.1, 0.15) is 29.1 Å². The summed E-state index contributed by atoms with van der Waals surface area (Å²) in [7, 11) is 1.54. The van der Waals surface area contributed by atoms with Gasteiger partial charge in [0.05, 0.1) is 19.0 Å². The molecule has 1 atom stereocenters. The van der Waals surface area contributed by atoms with E-state index in [1.165, 1.54) is 26.3 Å². The van der Waals surface area contributed by atoms with Crippen LogP contribution in [0.3, 0.4) is 0 Å². The fraction of sp³-hybridized carbons (Fsp3) is 0.158. The Hall–Kier alpha value is -3.62. The van der Waals surface area contributed by atoms with Crippen LogP contribution >= 0.6 is 0 Å². The van der Waals surface area contributed by atoms with Gasteiger partial charge in [0.15, 0.2) is 0 Å². The largest absolute Gasteiger partial charge is 0.497 e. The number of aromatic nitrogens is 3. The van der Waals surface area contributed by atoms with E-state index in [1.54, 1.807) is 24.3 Å². The van der Waals surface area contributed by atoms with E-state index in [0.717, 1.165) is 16.8 Å². The van der Waals surface area contributed by atoms with Gasteiger partial charge in [-0.2, -0.15) is 10.1 Å². The highest BCUT2D eigenvalue weighted by Gasteiger charge is 2.21. The fourth-order valence-electron chi connectivity index (χ4n) is 2.47. The van der Waals surface area contributed by atoms with Gasteiger partial charge in [-0.3, -0.25) is 4.79 Å².